The van der Waals surface area contributed by atoms with E-state index in [1.807, 2.05) is 17.7 Å². The number of hydrogen-bond donors (Lipinski definition) is 2. The summed E-state index contributed by atoms with van der Waals surface area (Å²) in [4.78, 5) is 18.8. The lowest BCUT2D eigenvalue weighted by Crippen LogP contribution is -2.33. The molecule has 0 saturated heterocycles. The zero-order valence-electron chi connectivity index (χ0n) is 25.7. The number of esters is 1. The number of phenols is 1. The average molecular weight is 613 g/mol. The molecule has 3 aromatic carbocycles. The number of benzene rings is 3. The Kier molecular flexibility index (Phi) is 9.67. The number of fused-ring (bicyclic) bond motifs is 1. The van der Waals surface area contributed by atoms with Crippen LogP contribution >= 0.6 is 24.2 Å². The molecule has 0 aliphatic heterocycles. The molecule has 9 heteroatoms. The first-order chi connectivity index (χ1) is 19.0. The second-order valence-electron chi connectivity index (χ2n) is 12.6. The number of aromatic nitrogens is 2. The topological polar surface area (TPSA) is 93.8 Å². The quantitative estimate of drug-likeness (QED) is 0.210. The van der Waals surface area contributed by atoms with Crippen LogP contribution in [0, 0.1) is 0 Å². The largest absolute Gasteiger partial charge is 0.507 e. The lowest BCUT2D eigenvalue weighted by atomic mass is 9.79. The van der Waals surface area contributed by atoms with E-state index < -0.39 is 11.6 Å². The van der Waals surface area contributed by atoms with Crippen LogP contribution in [0.1, 0.15) is 71.0 Å². The highest BCUT2D eigenvalue weighted by atomic mass is 35.5. The van der Waals surface area contributed by atoms with Crippen molar-refractivity contribution < 1.29 is 24.5 Å². The third-order valence-electron chi connectivity index (χ3n) is 7.25. The number of imidazole rings is 1. The van der Waals surface area contributed by atoms with E-state index in [1.54, 1.807) is 36.0 Å². The zero-order chi connectivity index (χ0) is 30.3. The molecule has 0 fully saturated rings. The van der Waals surface area contributed by atoms with Crippen molar-refractivity contribution in [2.45, 2.75) is 81.3 Å². The highest BCUT2D eigenvalue weighted by molar-refractivity contribution is 7.99. The summed E-state index contributed by atoms with van der Waals surface area (Å²) < 4.78 is 12.7. The number of phenolic OH excluding ortho intramolecular Hbond substituents is 1. The highest BCUT2D eigenvalue weighted by Crippen LogP contribution is 2.43. The minimum atomic E-state index is -1.73. The summed E-state index contributed by atoms with van der Waals surface area (Å²) in [6.45, 7) is 14.4. The Balaban J connectivity index is 0.00000484. The molecule has 4 rings (SSSR count). The van der Waals surface area contributed by atoms with Crippen molar-refractivity contribution in [1.82, 2.24) is 9.55 Å². The smallest absolute Gasteiger partial charge is 0.342 e. The third kappa shape index (κ3) is 6.88. The highest BCUT2D eigenvalue weighted by Gasteiger charge is 2.33. The molecule has 1 unspecified atom stereocenters. The van der Waals surface area contributed by atoms with Gasteiger partial charge in [0.25, 0.3) is 0 Å². The molecule has 226 valence electrons. The van der Waals surface area contributed by atoms with Crippen LogP contribution in [0.15, 0.2) is 64.4 Å². The Labute approximate surface area is 258 Å². The predicted molar refractivity (Wildman–Crippen MR) is 170 cm³/mol. The van der Waals surface area contributed by atoms with Gasteiger partial charge < -0.3 is 24.3 Å². The molecule has 0 radical (unpaired) electrons. The first-order valence-electron chi connectivity index (χ1n) is 13.6. The average Bonchev–Trinajstić information content (AvgIpc) is 3.21. The van der Waals surface area contributed by atoms with Crippen LogP contribution in [0.4, 0.5) is 0 Å². The summed E-state index contributed by atoms with van der Waals surface area (Å²) in [5, 5.41) is 21.5. The van der Waals surface area contributed by atoms with Gasteiger partial charge in [-0.15, -0.1) is 12.4 Å². The fourth-order valence-corrected chi connectivity index (χ4v) is 5.63. The van der Waals surface area contributed by atoms with Crippen LogP contribution in [0.25, 0.3) is 11.0 Å². The number of halogens is 1. The molecule has 0 saturated carbocycles. The number of aromatic hydroxyl groups is 1. The number of hydrogen-bond acceptors (Lipinski definition) is 7. The van der Waals surface area contributed by atoms with Crippen molar-refractivity contribution in [2.24, 2.45) is 7.05 Å². The van der Waals surface area contributed by atoms with Crippen LogP contribution in [-0.4, -0.2) is 32.8 Å². The Morgan fingerprint density at radius 2 is 1.48 bits per heavy atom. The molecule has 0 aliphatic carbocycles. The molecule has 1 atom stereocenters. The normalized spacial score (nSPS) is 13.4. The van der Waals surface area contributed by atoms with E-state index in [4.69, 9.17) is 9.72 Å². The molecule has 4 aromatic rings. The lowest BCUT2D eigenvalue weighted by molar-refractivity contribution is -0.161. The molecular weight excluding hydrogens is 572 g/mol. The third-order valence-corrected chi connectivity index (χ3v) is 8.21. The van der Waals surface area contributed by atoms with Crippen molar-refractivity contribution in [1.29, 1.82) is 0 Å². The Hall–Kier alpha value is -3.20. The summed E-state index contributed by atoms with van der Waals surface area (Å²) in [6, 6.07) is 17.1. The van der Waals surface area contributed by atoms with Gasteiger partial charge in [-0.2, -0.15) is 0 Å². The maximum atomic E-state index is 11.9. The van der Waals surface area contributed by atoms with E-state index in [0.29, 0.717) is 17.1 Å². The Bertz CT molecular complexity index is 1550. The van der Waals surface area contributed by atoms with E-state index in [2.05, 4.69) is 70.5 Å². The minimum Gasteiger partial charge on any atom is -0.507 e. The molecule has 0 spiro atoms. The van der Waals surface area contributed by atoms with E-state index in [-0.39, 0.29) is 29.8 Å². The second kappa shape index (κ2) is 12.2. The summed E-state index contributed by atoms with van der Waals surface area (Å²) in [5.41, 5.74) is 2.04. The van der Waals surface area contributed by atoms with Crippen molar-refractivity contribution in [3.63, 3.8) is 0 Å². The number of nitrogens with zero attached hydrogens (tertiary/aromatic N) is 2. The van der Waals surface area contributed by atoms with Crippen LogP contribution in [-0.2, 0) is 39.6 Å². The van der Waals surface area contributed by atoms with E-state index in [0.717, 1.165) is 37.8 Å². The number of aryl methyl sites for hydroxylation is 1. The van der Waals surface area contributed by atoms with E-state index in [9.17, 15) is 15.0 Å². The second-order valence-corrected chi connectivity index (χ2v) is 13.7. The molecule has 1 aromatic heterocycles. The summed E-state index contributed by atoms with van der Waals surface area (Å²) in [5.74, 6) is 1.01. The number of aliphatic hydroxyl groups is 1. The van der Waals surface area contributed by atoms with Crippen LogP contribution in [0.2, 0.25) is 0 Å². The molecule has 42 heavy (non-hydrogen) atoms. The fraction of sp³-hybridized carbons (Fsp3) is 0.394. The van der Waals surface area contributed by atoms with Crippen LogP contribution < -0.4 is 4.74 Å². The van der Waals surface area contributed by atoms with Gasteiger partial charge in [0.2, 0.25) is 0 Å². The lowest BCUT2D eigenvalue weighted by Gasteiger charge is -2.28. The van der Waals surface area contributed by atoms with Gasteiger partial charge in [-0.25, -0.2) is 9.78 Å². The fourth-order valence-electron chi connectivity index (χ4n) is 4.70. The summed E-state index contributed by atoms with van der Waals surface area (Å²) in [7, 11) is 3.21. The van der Waals surface area contributed by atoms with Crippen molar-refractivity contribution in [3.8, 4) is 11.5 Å². The standard InChI is InChI=1S/C33H40N2O5S.ClH/c1-31(2,3)24-16-23(17-25(29(24)36)32(4,5)6)41-22-14-15-26-27(18-22)35(8)28(34-26)19-40-21-12-10-20(11-13-21)33(7,38)30(37)39-9;/h10-18,36,38H,19H2,1-9H3;1H. The van der Waals surface area contributed by atoms with Gasteiger partial charge in [-0.1, -0.05) is 65.4 Å². The van der Waals surface area contributed by atoms with Gasteiger partial charge in [-0.3, -0.25) is 0 Å². The van der Waals surface area contributed by atoms with E-state index >= 15 is 0 Å². The predicted octanol–water partition coefficient (Wildman–Crippen LogP) is 7.41. The summed E-state index contributed by atoms with van der Waals surface area (Å²) >= 11 is 1.67. The Morgan fingerprint density at radius 3 is 2.00 bits per heavy atom. The zero-order valence-corrected chi connectivity index (χ0v) is 27.4. The monoisotopic (exact) mass is 612 g/mol. The maximum Gasteiger partial charge on any atom is 0.342 e. The Morgan fingerprint density at radius 1 is 0.905 bits per heavy atom. The minimum absolute atomic E-state index is 0. The van der Waals surface area contributed by atoms with Gasteiger partial charge in [0.05, 0.1) is 18.1 Å². The molecule has 0 bridgehead atoms. The summed E-state index contributed by atoms with van der Waals surface area (Å²) in [6.07, 6.45) is 0. The number of carbonyl (C=O) groups excluding carboxylic acids is 1. The first kappa shape index (κ1) is 33.3. The van der Waals surface area contributed by atoms with Crippen molar-refractivity contribution in [2.75, 3.05) is 7.11 Å². The number of carbonyl (C=O) groups is 1. The molecule has 1 heterocycles. The van der Waals surface area contributed by atoms with Gasteiger partial charge in [0.1, 0.15) is 23.9 Å². The maximum absolute atomic E-state index is 11.9. The number of methoxy groups -OCH3 is 1. The SMILES string of the molecule is COC(=O)C(C)(O)c1ccc(OCc2nc3ccc(Sc4cc(C(C)(C)C)c(O)c(C(C)(C)C)c4)cc3n2C)cc1.Cl. The van der Waals surface area contributed by atoms with Crippen LogP contribution in [0.3, 0.4) is 0 Å². The first-order valence-corrected chi connectivity index (χ1v) is 14.4. The molecule has 2 N–H and O–H groups in total. The number of ether oxygens (including phenoxy) is 2. The van der Waals surface area contributed by atoms with Crippen molar-refractivity contribution in [3.05, 3.63) is 77.1 Å². The van der Waals surface area contributed by atoms with Crippen molar-refractivity contribution >= 4 is 41.2 Å². The van der Waals surface area contributed by atoms with Gasteiger partial charge in [0, 0.05) is 28.0 Å². The van der Waals surface area contributed by atoms with Gasteiger partial charge in [0.15, 0.2) is 5.60 Å². The molecule has 0 aliphatic rings. The van der Waals surface area contributed by atoms with Gasteiger partial charge in [-0.05, 0) is 65.8 Å². The van der Waals surface area contributed by atoms with Gasteiger partial charge >= 0.3 is 5.97 Å². The molecular formula is C33H41ClN2O5S. The van der Waals surface area contributed by atoms with E-state index in [1.165, 1.54) is 14.0 Å². The number of rotatable bonds is 7. The molecule has 7 nitrogen and oxygen atoms in total. The molecule has 0 amide bonds. The van der Waals surface area contributed by atoms with Crippen LogP contribution in [0.5, 0.6) is 11.5 Å².